The van der Waals surface area contributed by atoms with E-state index in [0.29, 0.717) is 23.9 Å². The number of quaternary nitrogens is 1. The maximum absolute atomic E-state index is 13.5. The average molecular weight is 1050 g/mol. The number of hydrogen-bond acceptors (Lipinski definition) is 7. The van der Waals surface area contributed by atoms with Gasteiger partial charge in [-0.1, -0.05) is 244 Å². The van der Waals surface area contributed by atoms with Gasteiger partial charge in [0.25, 0.3) is 7.82 Å². The molecule has 0 saturated carbocycles. The van der Waals surface area contributed by atoms with Crippen LogP contribution in [0.2, 0.25) is 0 Å². The van der Waals surface area contributed by atoms with Crippen molar-refractivity contribution < 1.29 is 37.3 Å². The number of nitrogens with one attached hydrogen (secondary N) is 1. The van der Waals surface area contributed by atoms with Gasteiger partial charge in [0, 0.05) is 12.8 Å². The molecule has 0 spiro atoms. The molecule has 0 radical (unpaired) electrons. The van der Waals surface area contributed by atoms with E-state index in [1.165, 1.54) is 199 Å². The molecule has 430 valence electrons. The average Bonchev–Trinajstić information content (AvgIpc) is 3.35. The summed E-state index contributed by atoms with van der Waals surface area (Å²) in [4.78, 5) is 39.9. The first kappa shape index (κ1) is 71.2. The molecule has 3 unspecified atom stereocenters. The number of rotatable bonds is 57. The molecule has 0 aromatic heterocycles. The van der Waals surface area contributed by atoms with Crippen LogP contribution in [0.3, 0.4) is 0 Å². The lowest BCUT2D eigenvalue weighted by Crippen LogP contribution is -2.47. The molecule has 9 nitrogen and oxygen atoms in total. The molecule has 0 rings (SSSR count). The summed E-state index contributed by atoms with van der Waals surface area (Å²) in [5, 5.41) is 3.03. The van der Waals surface area contributed by atoms with Gasteiger partial charge in [-0.3, -0.25) is 14.2 Å². The molecule has 0 aliphatic carbocycles. The second-order valence-electron chi connectivity index (χ2n) is 22.6. The van der Waals surface area contributed by atoms with E-state index in [1.807, 2.05) is 33.3 Å². The lowest BCUT2D eigenvalue weighted by molar-refractivity contribution is -0.870. The van der Waals surface area contributed by atoms with Gasteiger partial charge in [-0.05, 0) is 83.1 Å². The molecule has 73 heavy (non-hydrogen) atoms. The molecule has 0 aliphatic heterocycles. The normalized spacial score (nSPS) is 13.9. The molecule has 3 atom stereocenters. The van der Waals surface area contributed by atoms with E-state index < -0.39 is 20.0 Å². The van der Waals surface area contributed by atoms with E-state index in [1.54, 1.807) is 0 Å². The number of phosphoric ester groups is 1. The molecular formula is C63H121N2O7P. The maximum atomic E-state index is 13.5. The predicted molar refractivity (Wildman–Crippen MR) is 312 cm³/mol. The third kappa shape index (κ3) is 54.8. The summed E-state index contributed by atoms with van der Waals surface area (Å²) in [6.07, 6.45) is 64.0. The van der Waals surface area contributed by atoms with E-state index in [9.17, 15) is 19.0 Å². The van der Waals surface area contributed by atoms with E-state index in [-0.39, 0.29) is 31.5 Å². The number of ether oxygens (including phenoxy) is 1. The number of hydrogen-bond donors (Lipinski definition) is 1. The van der Waals surface area contributed by atoms with Crippen LogP contribution in [0.5, 0.6) is 0 Å². The third-order valence-corrected chi connectivity index (χ3v) is 15.0. The van der Waals surface area contributed by atoms with Crippen LogP contribution in [0.1, 0.15) is 303 Å². The van der Waals surface area contributed by atoms with Crippen molar-refractivity contribution in [2.75, 3.05) is 40.9 Å². The predicted octanol–water partition coefficient (Wildman–Crippen LogP) is 18.5. The summed E-state index contributed by atoms with van der Waals surface area (Å²) in [7, 11) is 1.19. The van der Waals surface area contributed by atoms with Gasteiger partial charge >= 0.3 is 5.97 Å². The minimum absolute atomic E-state index is 0.0229. The highest BCUT2D eigenvalue weighted by Gasteiger charge is 2.27. The highest BCUT2D eigenvalue weighted by Crippen LogP contribution is 2.38. The Hall–Kier alpha value is -1.77. The van der Waals surface area contributed by atoms with Crippen LogP contribution in [0, 0.1) is 0 Å². The number of unbranched alkanes of at least 4 members (excludes halogenated alkanes) is 37. The third-order valence-electron chi connectivity index (χ3n) is 14.0. The fourth-order valence-electron chi connectivity index (χ4n) is 9.16. The van der Waals surface area contributed by atoms with Gasteiger partial charge in [-0.15, -0.1) is 0 Å². The number of nitrogens with zero attached hydrogens (tertiary/aromatic N) is 1. The first-order valence-corrected chi connectivity index (χ1v) is 32.8. The molecule has 0 aromatic rings. The lowest BCUT2D eigenvalue weighted by Gasteiger charge is -2.30. The Labute approximate surface area is 453 Å². The Kier molecular flexibility index (Phi) is 52.3. The van der Waals surface area contributed by atoms with Gasteiger partial charge in [-0.2, -0.15) is 0 Å². The topological polar surface area (TPSA) is 114 Å². The van der Waals surface area contributed by atoms with Crippen molar-refractivity contribution in [3.8, 4) is 0 Å². The van der Waals surface area contributed by atoms with Gasteiger partial charge in [0.1, 0.15) is 19.3 Å². The summed E-state index contributed by atoms with van der Waals surface area (Å²) in [6.45, 7) is 6.85. The molecule has 0 fully saturated rings. The lowest BCUT2D eigenvalue weighted by atomic mass is 10.0. The fraction of sp³-hybridized carbons (Fsp3) is 0.873. The number of phosphoric acid groups is 1. The number of allylic oxidation sites excluding steroid dienone is 5. The van der Waals surface area contributed by atoms with Gasteiger partial charge in [0.15, 0.2) is 0 Å². The Bertz CT molecular complexity index is 1350. The molecular weight excluding hydrogens is 928 g/mol. The van der Waals surface area contributed by atoms with Gasteiger partial charge in [0.05, 0.1) is 33.8 Å². The van der Waals surface area contributed by atoms with Gasteiger partial charge in [0.2, 0.25) is 5.91 Å². The molecule has 10 heteroatoms. The van der Waals surface area contributed by atoms with Crippen LogP contribution in [-0.2, 0) is 27.9 Å². The van der Waals surface area contributed by atoms with Crippen LogP contribution in [-0.4, -0.2) is 69.4 Å². The highest BCUT2D eigenvalue weighted by atomic mass is 31.2. The van der Waals surface area contributed by atoms with Crippen molar-refractivity contribution in [2.24, 2.45) is 0 Å². The van der Waals surface area contributed by atoms with E-state index in [0.717, 1.165) is 64.2 Å². The number of carbonyl (C=O) groups excluding carboxylic acids is 2. The van der Waals surface area contributed by atoms with E-state index >= 15 is 0 Å². The van der Waals surface area contributed by atoms with Crippen LogP contribution < -0.4 is 10.2 Å². The van der Waals surface area contributed by atoms with Crippen molar-refractivity contribution in [1.82, 2.24) is 5.32 Å². The van der Waals surface area contributed by atoms with Crippen molar-refractivity contribution >= 4 is 19.7 Å². The molecule has 1 amide bonds. The fourth-order valence-corrected chi connectivity index (χ4v) is 9.88. The van der Waals surface area contributed by atoms with E-state index in [4.69, 9.17) is 13.8 Å². The molecule has 1 N–H and O–H groups in total. The molecule has 0 bridgehead atoms. The Morgan fingerprint density at radius 1 is 0.466 bits per heavy atom. The largest absolute Gasteiger partial charge is 0.756 e. The maximum Gasteiger partial charge on any atom is 0.306 e. The highest BCUT2D eigenvalue weighted by molar-refractivity contribution is 7.45. The van der Waals surface area contributed by atoms with Crippen molar-refractivity contribution in [3.63, 3.8) is 0 Å². The van der Waals surface area contributed by atoms with Crippen molar-refractivity contribution in [1.29, 1.82) is 0 Å². The summed E-state index contributed by atoms with van der Waals surface area (Å²) >= 11 is 0. The summed E-state index contributed by atoms with van der Waals surface area (Å²) < 4.78 is 30.3. The second kappa shape index (κ2) is 53.6. The van der Waals surface area contributed by atoms with Crippen LogP contribution in [0.15, 0.2) is 36.5 Å². The minimum atomic E-state index is -4.70. The van der Waals surface area contributed by atoms with E-state index in [2.05, 4.69) is 50.4 Å². The zero-order valence-corrected chi connectivity index (χ0v) is 50.0. The summed E-state index contributed by atoms with van der Waals surface area (Å²) in [5.74, 6) is -0.550. The monoisotopic (exact) mass is 1050 g/mol. The standard InChI is InChI=1S/C63H121N2O7P/c1-7-10-13-16-19-22-25-28-30-31-32-33-34-35-36-37-40-43-46-49-52-55-62(66)64-60(59-71-73(68,69)70-58-57-65(4,5)6)61(54-51-48-45-42-39-27-24-21-18-15-12-9-3)72-63(67)56-53-50-47-44-41-38-29-26-23-20-17-14-11-8-2/h28,30,38,41,51,54,60-61H,7-27,29,31-37,39-40,42-50,52-53,55-59H2,1-6H3,(H-,64,66,68,69)/b30-28+,41-38-,54-51-. The molecule has 0 heterocycles. The van der Waals surface area contributed by atoms with Crippen molar-refractivity contribution in [3.05, 3.63) is 36.5 Å². The van der Waals surface area contributed by atoms with Crippen LogP contribution >= 0.6 is 7.82 Å². The summed E-state index contributed by atoms with van der Waals surface area (Å²) in [6, 6.07) is -0.891. The first-order valence-electron chi connectivity index (χ1n) is 31.3. The zero-order valence-electron chi connectivity index (χ0n) is 49.1. The smallest absolute Gasteiger partial charge is 0.306 e. The first-order chi connectivity index (χ1) is 35.4. The van der Waals surface area contributed by atoms with Gasteiger partial charge < -0.3 is 28.5 Å². The SMILES string of the molecule is CCCCCCCC/C=C/CCCCCCCCCCCCCC(=O)NC(COP(=O)([O-])OCC[N+](C)(C)C)C(/C=C\CCCCCCCCCCCC)OC(=O)CCCCC/C=C\CCCCCCCCC. The number of likely N-dealkylation sites (N-methyl/N-ethyl adjacent to an activating group) is 1. The molecule has 0 saturated heterocycles. The summed E-state index contributed by atoms with van der Waals surface area (Å²) in [5.41, 5.74) is 0. The minimum Gasteiger partial charge on any atom is -0.756 e. The number of carbonyl (C=O) groups is 2. The Morgan fingerprint density at radius 2 is 0.795 bits per heavy atom. The van der Waals surface area contributed by atoms with Crippen LogP contribution in [0.4, 0.5) is 0 Å². The molecule has 0 aliphatic rings. The van der Waals surface area contributed by atoms with Crippen LogP contribution in [0.25, 0.3) is 0 Å². The van der Waals surface area contributed by atoms with Crippen molar-refractivity contribution in [2.45, 2.75) is 315 Å². The molecule has 0 aromatic carbocycles. The second-order valence-corrected chi connectivity index (χ2v) is 24.0. The Morgan fingerprint density at radius 3 is 1.18 bits per heavy atom. The Balaban J connectivity index is 5.20. The van der Waals surface area contributed by atoms with Gasteiger partial charge in [-0.25, -0.2) is 0 Å². The number of esters is 1. The quantitative estimate of drug-likeness (QED) is 0.0212. The number of amides is 1. The zero-order chi connectivity index (χ0) is 53.6.